The molecule has 0 spiro atoms. The van der Waals surface area contributed by atoms with Crippen LogP contribution in [-0.4, -0.2) is 18.2 Å². The van der Waals surface area contributed by atoms with E-state index in [0.717, 1.165) is 30.6 Å². The van der Waals surface area contributed by atoms with Crippen molar-refractivity contribution in [3.63, 3.8) is 0 Å². The summed E-state index contributed by atoms with van der Waals surface area (Å²) in [5.74, 6) is 0.802. The van der Waals surface area contributed by atoms with E-state index < -0.39 is 0 Å². The van der Waals surface area contributed by atoms with Crippen molar-refractivity contribution in [2.24, 2.45) is 5.92 Å². The highest BCUT2D eigenvalue weighted by molar-refractivity contribution is 6.30. The molecule has 0 bridgehead atoms. The number of Topliss-reactive ketones (excluding diaryl/α,β-unsaturated/α-hetero) is 1. The number of carbonyl (C=O) groups is 2. The van der Waals surface area contributed by atoms with Crippen molar-refractivity contribution < 1.29 is 9.59 Å². The average Bonchev–Trinajstić information content (AvgIpc) is 2.66. The molecule has 148 valence electrons. The third-order valence-electron chi connectivity index (χ3n) is 5.33. The lowest BCUT2D eigenvalue weighted by Crippen LogP contribution is -2.36. The summed E-state index contributed by atoms with van der Waals surface area (Å²) in [5.41, 5.74) is 4.10. The first-order valence-corrected chi connectivity index (χ1v) is 10.4. The molecule has 1 aliphatic heterocycles. The van der Waals surface area contributed by atoms with Gasteiger partial charge in [-0.15, -0.1) is 0 Å². The summed E-state index contributed by atoms with van der Waals surface area (Å²) in [7, 11) is 0. The van der Waals surface area contributed by atoms with E-state index in [1.54, 1.807) is 24.3 Å². The van der Waals surface area contributed by atoms with Crippen LogP contribution in [0.1, 0.15) is 67.4 Å². The molecule has 0 aliphatic carbocycles. The predicted octanol–water partition coefficient (Wildman–Crippen LogP) is 6.04. The molecule has 2 aromatic rings. The van der Waals surface area contributed by atoms with Crippen LogP contribution in [0.3, 0.4) is 0 Å². The zero-order chi connectivity index (χ0) is 20.3. The van der Waals surface area contributed by atoms with E-state index in [1.165, 1.54) is 5.56 Å². The summed E-state index contributed by atoms with van der Waals surface area (Å²) in [6.07, 6.45) is 2.99. The zero-order valence-electron chi connectivity index (χ0n) is 16.9. The molecule has 3 rings (SSSR count). The number of hydrogen-bond donors (Lipinski definition) is 0. The number of ketones is 1. The van der Waals surface area contributed by atoms with Gasteiger partial charge in [-0.25, -0.2) is 0 Å². The highest BCUT2D eigenvalue weighted by atomic mass is 35.5. The molecule has 4 heteroatoms. The molecule has 2 aromatic carbocycles. The fraction of sp³-hybridized carbons (Fsp3) is 0.417. The largest absolute Gasteiger partial charge is 0.312 e. The monoisotopic (exact) mass is 397 g/mol. The topological polar surface area (TPSA) is 37.4 Å². The molecular formula is C24H28ClNO2. The van der Waals surface area contributed by atoms with Crippen LogP contribution in [0, 0.1) is 5.92 Å². The van der Waals surface area contributed by atoms with Gasteiger partial charge < -0.3 is 4.90 Å². The number of nitrogens with zero attached hydrogens (tertiary/aromatic N) is 1. The summed E-state index contributed by atoms with van der Waals surface area (Å²) in [4.78, 5) is 27.1. The van der Waals surface area contributed by atoms with Crippen LogP contribution in [0.25, 0.3) is 0 Å². The van der Waals surface area contributed by atoms with E-state index in [2.05, 4.69) is 39.0 Å². The Hall–Kier alpha value is -2.13. The molecule has 0 saturated heterocycles. The fourth-order valence-corrected chi connectivity index (χ4v) is 3.92. The summed E-state index contributed by atoms with van der Waals surface area (Å²) in [6.45, 7) is 7.03. The van der Waals surface area contributed by atoms with Crippen molar-refractivity contribution in [2.45, 2.75) is 52.4 Å². The van der Waals surface area contributed by atoms with E-state index in [1.807, 2.05) is 4.90 Å². The van der Waals surface area contributed by atoms with Gasteiger partial charge in [0.25, 0.3) is 0 Å². The van der Waals surface area contributed by atoms with E-state index in [4.69, 9.17) is 11.6 Å². The van der Waals surface area contributed by atoms with Gasteiger partial charge >= 0.3 is 0 Å². The summed E-state index contributed by atoms with van der Waals surface area (Å²) < 4.78 is 0. The lowest BCUT2D eigenvalue weighted by Gasteiger charge is -2.31. The maximum atomic E-state index is 12.6. The van der Waals surface area contributed by atoms with Gasteiger partial charge in [0.1, 0.15) is 0 Å². The van der Waals surface area contributed by atoms with Gasteiger partial charge in [0.05, 0.1) is 0 Å². The molecule has 1 amide bonds. The van der Waals surface area contributed by atoms with Crippen LogP contribution in [0.15, 0.2) is 42.5 Å². The lowest BCUT2D eigenvalue weighted by molar-refractivity contribution is -0.119. The van der Waals surface area contributed by atoms with Gasteiger partial charge in [-0.1, -0.05) is 44.5 Å². The van der Waals surface area contributed by atoms with E-state index in [0.29, 0.717) is 29.3 Å². The SMILES string of the molecule is CC(C)CC(=O)N1CCCc2cc([C@@H](C)CC(=O)c3ccc(Cl)cc3)ccc21. The van der Waals surface area contributed by atoms with Crippen molar-refractivity contribution in [1.82, 2.24) is 0 Å². The third kappa shape index (κ3) is 4.82. The summed E-state index contributed by atoms with van der Waals surface area (Å²) in [6, 6.07) is 13.4. The zero-order valence-corrected chi connectivity index (χ0v) is 17.6. The Balaban J connectivity index is 1.74. The van der Waals surface area contributed by atoms with E-state index in [9.17, 15) is 9.59 Å². The smallest absolute Gasteiger partial charge is 0.227 e. The van der Waals surface area contributed by atoms with Crippen LogP contribution < -0.4 is 4.90 Å². The molecule has 0 fully saturated rings. The minimum atomic E-state index is 0.121. The molecule has 0 N–H and O–H groups in total. The van der Waals surface area contributed by atoms with Gasteiger partial charge in [-0.05, 0) is 66.1 Å². The molecule has 3 nitrogen and oxygen atoms in total. The minimum absolute atomic E-state index is 0.121. The molecule has 1 aliphatic rings. The molecule has 0 unspecified atom stereocenters. The molecule has 1 heterocycles. The summed E-state index contributed by atoms with van der Waals surface area (Å²) in [5, 5.41) is 0.635. The third-order valence-corrected chi connectivity index (χ3v) is 5.58. The van der Waals surface area contributed by atoms with Crippen molar-refractivity contribution in [3.8, 4) is 0 Å². The molecule has 1 atom stereocenters. The van der Waals surface area contributed by atoms with Crippen molar-refractivity contribution in [1.29, 1.82) is 0 Å². The number of anilines is 1. The predicted molar refractivity (Wildman–Crippen MR) is 115 cm³/mol. The number of carbonyl (C=O) groups excluding carboxylic acids is 2. The number of amides is 1. The molecule has 0 saturated carbocycles. The van der Waals surface area contributed by atoms with Gasteiger partial charge in [0, 0.05) is 35.7 Å². The maximum Gasteiger partial charge on any atom is 0.227 e. The Kier molecular flexibility index (Phi) is 6.56. The van der Waals surface area contributed by atoms with Crippen LogP contribution in [0.4, 0.5) is 5.69 Å². The Labute approximate surface area is 172 Å². The Morgan fingerprint density at radius 2 is 1.75 bits per heavy atom. The second-order valence-electron chi connectivity index (χ2n) is 8.17. The van der Waals surface area contributed by atoms with Crippen LogP contribution in [-0.2, 0) is 11.2 Å². The highest BCUT2D eigenvalue weighted by Crippen LogP contribution is 2.32. The van der Waals surface area contributed by atoms with Crippen molar-refractivity contribution in [2.75, 3.05) is 11.4 Å². The maximum absolute atomic E-state index is 12.6. The van der Waals surface area contributed by atoms with Crippen LogP contribution in [0.2, 0.25) is 5.02 Å². The quantitative estimate of drug-likeness (QED) is 0.557. The van der Waals surface area contributed by atoms with Gasteiger partial charge in [-0.3, -0.25) is 9.59 Å². The normalized spacial score (nSPS) is 14.7. The molecular weight excluding hydrogens is 370 g/mol. The highest BCUT2D eigenvalue weighted by Gasteiger charge is 2.24. The number of halogens is 1. The first kappa shape index (κ1) is 20.6. The number of rotatable bonds is 6. The second-order valence-corrected chi connectivity index (χ2v) is 8.61. The standard InChI is InChI=1S/C24H28ClNO2/c1-16(2)13-24(28)26-12-4-5-20-15-19(8-11-22(20)26)17(3)14-23(27)18-6-9-21(25)10-7-18/h6-11,15-17H,4-5,12-14H2,1-3H3/t17-/m0/s1. The first-order valence-electron chi connectivity index (χ1n) is 10.1. The Morgan fingerprint density at radius 3 is 2.43 bits per heavy atom. The second kappa shape index (κ2) is 8.91. The fourth-order valence-electron chi connectivity index (χ4n) is 3.79. The number of aryl methyl sites for hydroxylation is 1. The van der Waals surface area contributed by atoms with Gasteiger partial charge in [0.15, 0.2) is 5.78 Å². The van der Waals surface area contributed by atoms with Crippen LogP contribution in [0.5, 0.6) is 0 Å². The molecule has 0 aromatic heterocycles. The minimum Gasteiger partial charge on any atom is -0.312 e. The average molecular weight is 398 g/mol. The van der Waals surface area contributed by atoms with Crippen LogP contribution >= 0.6 is 11.6 Å². The van der Waals surface area contributed by atoms with Crippen molar-refractivity contribution >= 4 is 29.0 Å². The van der Waals surface area contributed by atoms with E-state index >= 15 is 0 Å². The van der Waals surface area contributed by atoms with E-state index in [-0.39, 0.29) is 17.6 Å². The summed E-state index contributed by atoms with van der Waals surface area (Å²) >= 11 is 5.91. The first-order chi connectivity index (χ1) is 13.3. The lowest BCUT2D eigenvalue weighted by atomic mass is 9.89. The van der Waals surface area contributed by atoms with Gasteiger partial charge in [-0.2, -0.15) is 0 Å². The number of hydrogen-bond acceptors (Lipinski definition) is 2. The number of benzene rings is 2. The number of fused-ring (bicyclic) bond motifs is 1. The van der Waals surface area contributed by atoms with Crippen molar-refractivity contribution in [3.05, 3.63) is 64.2 Å². The molecule has 0 radical (unpaired) electrons. The Bertz CT molecular complexity index is 857. The molecule has 28 heavy (non-hydrogen) atoms. The van der Waals surface area contributed by atoms with Gasteiger partial charge in [0.2, 0.25) is 5.91 Å². The Morgan fingerprint density at radius 1 is 1.04 bits per heavy atom.